The van der Waals surface area contributed by atoms with Crippen LogP contribution in [0.15, 0.2) is 0 Å². The highest BCUT2D eigenvalue weighted by Crippen LogP contribution is 2.62. The van der Waals surface area contributed by atoms with Gasteiger partial charge in [-0.2, -0.15) is 10.2 Å². The van der Waals surface area contributed by atoms with E-state index in [1.165, 1.54) is 17.8 Å². The van der Waals surface area contributed by atoms with Crippen molar-refractivity contribution in [3.8, 4) is 0 Å². The molecule has 2 atom stereocenters. The van der Waals surface area contributed by atoms with Crippen LogP contribution in [0.4, 0.5) is 8.78 Å². The summed E-state index contributed by atoms with van der Waals surface area (Å²) < 4.78 is 59.0. The van der Waals surface area contributed by atoms with Gasteiger partial charge in [-0.05, 0) is 143 Å². The fourth-order valence-corrected chi connectivity index (χ4v) is 12.0. The molecule has 0 radical (unpaired) electrons. The maximum Gasteiger partial charge on any atom is 0.255 e. The van der Waals surface area contributed by atoms with Gasteiger partial charge in [-0.15, -0.1) is 0 Å². The zero-order valence-electron chi connectivity index (χ0n) is 40.3. The molecule has 5 aliphatic rings. The van der Waals surface area contributed by atoms with Crippen LogP contribution in [0.2, 0.25) is 0 Å². The van der Waals surface area contributed by atoms with Crippen LogP contribution in [0.1, 0.15) is 137 Å². The maximum absolute atomic E-state index is 14.9. The van der Waals surface area contributed by atoms with Crippen LogP contribution in [0.5, 0.6) is 0 Å². The highest BCUT2D eigenvalue weighted by molar-refractivity contribution is 5.36. The van der Waals surface area contributed by atoms with Crippen LogP contribution < -0.4 is 10.6 Å². The number of aryl methyl sites for hydroxylation is 1. The van der Waals surface area contributed by atoms with Gasteiger partial charge in [0.1, 0.15) is 0 Å². The second kappa shape index (κ2) is 21.7. The summed E-state index contributed by atoms with van der Waals surface area (Å²) in [6.07, 6.45) is 11.5. The predicted octanol–water partition coefficient (Wildman–Crippen LogP) is 7.03. The van der Waals surface area contributed by atoms with Crippen molar-refractivity contribution in [2.45, 2.75) is 148 Å². The molecule has 2 aliphatic heterocycles. The molecule has 2 N–H and O–H groups in total. The van der Waals surface area contributed by atoms with Crippen molar-refractivity contribution < 1.29 is 27.7 Å². The Hall–Kier alpha value is -2.04. The van der Waals surface area contributed by atoms with E-state index in [-0.39, 0.29) is 29.6 Å². The summed E-state index contributed by atoms with van der Waals surface area (Å²) in [5.41, 5.74) is 7.57. The number of likely N-dealkylation sites (N-methyl/N-ethyl adjacent to an activating group) is 4. The number of hydrogen-bond acceptors (Lipinski definition) is 10. The molecule has 0 aromatic carbocycles. The molecule has 63 heavy (non-hydrogen) atoms. The largest absolute Gasteiger partial charge is 0.381 e. The molecule has 1 spiro atoms. The molecular formula is C49H84F2N8O4. The Morgan fingerprint density at radius 3 is 1.63 bits per heavy atom. The van der Waals surface area contributed by atoms with Crippen LogP contribution in [-0.4, -0.2) is 143 Å². The highest BCUT2D eigenvalue weighted by atomic mass is 19.3. The molecule has 358 valence electrons. The van der Waals surface area contributed by atoms with Crippen LogP contribution in [0, 0.1) is 22.2 Å². The second-order valence-electron chi connectivity index (χ2n) is 20.7. The normalized spacial score (nSPS) is 26.6. The number of nitrogens with one attached hydrogen (secondary N) is 2. The average Bonchev–Trinajstić information content (AvgIpc) is 3.45. The summed E-state index contributed by atoms with van der Waals surface area (Å²) >= 11 is 0. The molecule has 0 saturated heterocycles. The average molecular weight is 887 g/mol. The van der Waals surface area contributed by atoms with E-state index in [0.29, 0.717) is 50.2 Å². The summed E-state index contributed by atoms with van der Waals surface area (Å²) in [5.74, 6) is -1.27. The van der Waals surface area contributed by atoms with Gasteiger partial charge in [0.15, 0.2) is 0 Å². The number of nitrogens with zero attached hydrogens (tertiary/aromatic N) is 6. The van der Waals surface area contributed by atoms with Gasteiger partial charge in [0.25, 0.3) is 5.92 Å². The molecule has 2 aromatic heterocycles. The van der Waals surface area contributed by atoms with E-state index in [1.54, 1.807) is 5.56 Å². The lowest BCUT2D eigenvalue weighted by molar-refractivity contribution is -0.0440. The van der Waals surface area contributed by atoms with E-state index >= 15 is 0 Å². The Balaban J connectivity index is 0.965. The molecule has 3 aliphatic carbocycles. The van der Waals surface area contributed by atoms with Crippen molar-refractivity contribution >= 4 is 0 Å². The van der Waals surface area contributed by atoms with E-state index in [4.69, 9.17) is 29.1 Å². The van der Waals surface area contributed by atoms with Gasteiger partial charge in [-0.25, -0.2) is 8.78 Å². The van der Waals surface area contributed by atoms with Gasteiger partial charge < -0.3 is 29.6 Å². The molecule has 12 nitrogen and oxygen atoms in total. The Morgan fingerprint density at radius 2 is 1.14 bits per heavy atom. The standard InChI is InChI=1S/C49H84F2N8O4/c1-8-60-33-46(34-61-9-2)16-11-37(12-17-46)44-41(31-57(7)25-22-53-5)55-59-32-48(28-42(44)59)27-39(48)15-26-63-36-47(35-62-10-3)18-13-38(14-19-47)45-40(30-56(6)24-21-52-4)54-58-23-20-49(50,51)29-43(45)58/h37-39,52-53H,8-36H2,1-7H3. The van der Waals surface area contributed by atoms with E-state index < -0.39 is 5.92 Å². The first-order valence-electron chi connectivity index (χ1n) is 24.9. The van der Waals surface area contributed by atoms with Crippen molar-refractivity contribution in [3.63, 3.8) is 0 Å². The summed E-state index contributed by atoms with van der Waals surface area (Å²) in [6, 6.07) is 0. The number of aromatic nitrogens is 4. The first kappa shape index (κ1) is 48.9. The zero-order valence-corrected chi connectivity index (χ0v) is 40.3. The number of fused-ring (bicyclic) bond motifs is 2. The third-order valence-electron chi connectivity index (χ3n) is 15.9. The first-order valence-corrected chi connectivity index (χ1v) is 24.9. The fourth-order valence-electron chi connectivity index (χ4n) is 12.0. The van der Waals surface area contributed by atoms with Gasteiger partial charge in [0, 0.05) is 119 Å². The molecule has 3 saturated carbocycles. The van der Waals surface area contributed by atoms with Gasteiger partial charge in [-0.3, -0.25) is 19.2 Å². The van der Waals surface area contributed by atoms with Gasteiger partial charge in [0.2, 0.25) is 0 Å². The van der Waals surface area contributed by atoms with Crippen molar-refractivity contribution in [3.05, 3.63) is 33.9 Å². The lowest BCUT2D eigenvalue weighted by Gasteiger charge is -2.40. The van der Waals surface area contributed by atoms with Crippen molar-refractivity contribution in [2.75, 3.05) is 107 Å². The molecular weight excluding hydrogens is 803 g/mol. The minimum atomic E-state index is -2.68. The topological polar surface area (TPSA) is 103 Å². The van der Waals surface area contributed by atoms with E-state index in [9.17, 15) is 8.78 Å². The maximum atomic E-state index is 14.9. The van der Waals surface area contributed by atoms with Crippen molar-refractivity contribution in [1.29, 1.82) is 0 Å². The number of hydrogen-bond donors (Lipinski definition) is 2. The summed E-state index contributed by atoms with van der Waals surface area (Å²) in [7, 11) is 8.30. The number of rotatable bonds is 26. The van der Waals surface area contributed by atoms with E-state index in [0.717, 1.165) is 153 Å². The predicted molar refractivity (Wildman–Crippen MR) is 245 cm³/mol. The fraction of sp³-hybridized carbons (Fsp3) is 0.878. The highest BCUT2D eigenvalue weighted by Gasteiger charge is 2.58. The van der Waals surface area contributed by atoms with E-state index in [2.05, 4.69) is 60.0 Å². The van der Waals surface area contributed by atoms with E-state index in [1.807, 2.05) is 18.8 Å². The lowest BCUT2D eigenvalue weighted by atomic mass is 9.69. The third-order valence-corrected chi connectivity index (χ3v) is 15.9. The molecule has 2 unspecified atom stereocenters. The molecule has 14 heteroatoms. The van der Waals surface area contributed by atoms with Crippen LogP contribution in [-0.2, 0) is 58.0 Å². The summed E-state index contributed by atoms with van der Waals surface area (Å²) in [6.45, 7) is 18.7. The minimum Gasteiger partial charge on any atom is -0.381 e. The van der Waals surface area contributed by atoms with Gasteiger partial charge >= 0.3 is 0 Å². The Kier molecular flexibility index (Phi) is 16.9. The Labute approximate surface area is 378 Å². The molecule has 0 amide bonds. The number of ether oxygens (including phenoxy) is 4. The molecule has 4 heterocycles. The van der Waals surface area contributed by atoms with Crippen LogP contribution in [0.25, 0.3) is 0 Å². The zero-order chi connectivity index (χ0) is 44.7. The van der Waals surface area contributed by atoms with Crippen LogP contribution >= 0.6 is 0 Å². The molecule has 3 fully saturated rings. The smallest absolute Gasteiger partial charge is 0.255 e. The van der Waals surface area contributed by atoms with Crippen molar-refractivity contribution in [1.82, 2.24) is 40.0 Å². The molecule has 0 bridgehead atoms. The number of alkyl halides is 2. The minimum absolute atomic E-state index is 0.0567. The quantitative estimate of drug-likeness (QED) is 0.0959. The first-order chi connectivity index (χ1) is 30.4. The number of halogens is 2. The van der Waals surface area contributed by atoms with Gasteiger partial charge in [0.05, 0.1) is 44.2 Å². The lowest BCUT2D eigenvalue weighted by Crippen LogP contribution is -2.37. The van der Waals surface area contributed by atoms with Gasteiger partial charge in [-0.1, -0.05) is 0 Å². The summed E-state index contributed by atoms with van der Waals surface area (Å²) in [5, 5.41) is 16.9. The van der Waals surface area contributed by atoms with Crippen molar-refractivity contribution in [2.24, 2.45) is 22.2 Å². The monoisotopic (exact) mass is 887 g/mol. The Bertz CT molecular complexity index is 1730. The second-order valence-corrected chi connectivity index (χ2v) is 20.7. The summed E-state index contributed by atoms with van der Waals surface area (Å²) in [4.78, 5) is 4.67. The Morgan fingerprint density at radius 1 is 0.667 bits per heavy atom. The third kappa shape index (κ3) is 11.7. The SMILES string of the molecule is CCOCC1(COCC)CCC(c2c(CN(C)CCNC)nn3c2CC2(CC2CCOCC2(COCC)CCC(c4c(CN(C)CCNC)nn5c4CC(F)(F)CC5)CC2)C3)CC1. The molecule has 7 rings (SSSR count). The van der Waals surface area contributed by atoms with Crippen LogP contribution in [0.3, 0.4) is 0 Å². The molecule has 2 aromatic rings.